The minimum Gasteiger partial charge on any atom is -0.381 e. The topological polar surface area (TPSA) is 114 Å². The zero-order chi connectivity index (χ0) is 25.2. The number of rotatable bonds is 4. The van der Waals surface area contributed by atoms with Gasteiger partial charge in [-0.2, -0.15) is 5.26 Å². The third-order valence-electron chi connectivity index (χ3n) is 4.74. The van der Waals surface area contributed by atoms with Crippen molar-refractivity contribution in [2.75, 3.05) is 7.11 Å². The van der Waals surface area contributed by atoms with Crippen molar-refractivity contribution in [3.8, 4) is 6.07 Å². The molecule has 0 aliphatic heterocycles. The van der Waals surface area contributed by atoms with Gasteiger partial charge in [-0.25, -0.2) is 9.97 Å². The van der Waals surface area contributed by atoms with E-state index >= 15 is 0 Å². The van der Waals surface area contributed by atoms with E-state index in [4.69, 9.17) is 10.5 Å². The fourth-order valence-electron chi connectivity index (χ4n) is 3.15. The minimum absolute atomic E-state index is 0.0975. The average molecular weight is 454 g/mol. The van der Waals surface area contributed by atoms with Crippen LogP contribution in [-0.4, -0.2) is 35.3 Å². The van der Waals surface area contributed by atoms with Crippen LogP contribution < -0.4 is 5.73 Å². The lowest BCUT2D eigenvalue weighted by molar-refractivity contribution is 0.0710. The molecule has 0 bridgehead atoms. The van der Waals surface area contributed by atoms with Crippen molar-refractivity contribution in [2.45, 2.75) is 79.8 Å². The second kappa shape index (κ2) is 17.4. The van der Waals surface area contributed by atoms with E-state index in [2.05, 4.69) is 21.0 Å². The van der Waals surface area contributed by atoms with Gasteiger partial charge in [-0.3, -0.25) is 9.79 Å². The smallest absolute Gasteiger partial charge is 0.268 e. The van der Waals surface area contributed by atoms with E-state index in [9.17, 15) is 10.1 Å². The highest BCUT2D eigenvalue weighted by atomic mass is 16.5. The molecular weight excluding hydrogens is 414 g/mol. The molecule has 0 saturated heterocycles. The number of allylic oxidation sites excluding steroid dienone is 1. The van der Waals surface area contributed by atoms with E-state index in [0.29, 0.717) is 34.0 Å². The molecule has 2 aromatic rings. The molecule has 0 unspecified atom stereocenters. The summed E-state index contributed by atoms with van der Waals surface area (Å²) in [5.41, 5.74) is 6.92. The van der Waals surface area contributed by atoms with Crippen molar-refractivity contribution in [1.82, 2.24) is 9.97 Å². The van der Waals surface area contributed by atoms with Gasteiger partial charge in [-0.1, -0.05) is 59.1 Å². The predicted octanol–water partition coefficient (Wildman–Crippen LogP) is 6.07. The number of hydrogen-bond donors (Lipinski definition) is 1. The molecule has 33 heavy (non-hydrogen) atoms. The maximum atomic E-state index is 11.6. The van der Waals surface area contributed by atoms with E-state index in [1.165, 1.54) is 32.1 Å². The van der Waals surface area contributed by atoms with Gasteiger partial charge in [-0.15, -0.1) is 0 Å². The van der Waals surface area contributed by atoms with Crippen molar-refractivity contribution in [2.24, 2.45) is 10.7 Å². The molecule has 7 nitrogen and oxygen atoms in total. The maximum Gasteiger partial charge on any atom is 0.268 e. The molecule has 0 spiro atoms. The van der Waals surface area contributed by atoms with Crippen LogP contribution in [0.2, 0.25) is 0 Å². The number of fused-ring (bicyclic) bond motifs is 1. The normalized spacial score (nSPS) is 13.6. The second-order valence-corrected chi connectivity index (χ2v) is 6.79. The number of methoxy groups -OCH3 is 1. The zero-order valence-electron chi connectivity index (χ0n) is 21.2. The van der Waals surface area contributed by atoms with Crippen LogP contribution in [0, 0.1) is 11.3 Å². The van der Waals surface area contributed by atoms with Gasteiger partial charge in [0.1, 0.15) is 11.8 Å². The Labute approximate surface area is 198 Å². The zero-order valence-corrected chi connectivity index (χ0v) is 21.2. The third kappa shape index (κ3) is 9.50. The second-order valence-electron chi connectivity index (χ2n) is 6.79. The highest BCUT2D eigenvalue weighted by molar-refractivity contribution is 6.05. The Bertz CT molecular complexity index is 955. The molecule has 2 N–H and O–H groups in total. The first-order chi connectivity index (χ1) is 16.0. The van der Waals surface area contributed by atoms with Crippen LogP contribution in [0.5, 0.6) is 0 Å². The SMILES string of the molecule is CC.CC.CC=N/C=C(\C)c1nc(C(N)=O)c2cccc(C#N)c2n1.COC1CCCCC1. The average Bonchev–Trinajstić information content (AvgIpc) is 2.89. The third-order valence-corrected chi connectivity index (χ3v) is 4.74. The molecule has 1 aliphatic carbocycles. The Morgan fingerprint density at radius 3 is 2.30 bits per heavy atom. The van der Waals surface area contributed by atoms with Crippen LogP contribution in [0.4, 0.5) is 0 Å². The summed E-state index contributed by atoms with van der Waals surface area (Å²) in [5.74, 6) is -0.338. The number of amides is 1. The lowest BCUT2D eigenvalue weighted by Gasteiger charge is -2.19. The summed E-state index contributed by atoms with van der Waals surface area (Å²) >= 11 is 0. The largest absolute Gasteiger partial charge is 0.381 e. The summed E-state index contributed by atoms with van der Waals surface area (Å²) in [5, 5.41) is 9.64. The number of nitrogens with zero attached hydrogens (tertiary/aromatic N) is 4. The molecule has 1 aromatic carbocycles. The van der Waals surface area contributed by atoms with E-state index in [0.717, 1.165) is 0 Å². The van der Waals surface area contributed by atoms with Gasteiger partial charge in [0.2, 0.25) is 0 Å². The number of carbonyl (C=O) groups excluding carboxylic acids is 1. The number of carbonyl (C=O) groups is 1. The highest BCUT2D eigenvalue weighted by Gasteiger charge is 2.15. The molecule has 1 fully saturated rings. The Kier molecular flexibility index (Phi) is 15.8. The Balaban J connectivity index is 0.000000710. The van der Waals surface area contributed by atoms with Crippen LogP contribution in [0.1, 0.15) is 95.5 Å². The quantitative estimate of drug-likeness (QED) is 0.564. The van der Waals surface area contributed by atoms with E-state index < -0.39 is 5.91 Å². The summed E-state index contributed by atoms with van der Waals surface area (Å²) in [6.45, 7) is 11.6. The number of ether oxygens (including phenoxy) is 1. The Morgan fingerprint density at radius 1 is 1.18 bits per heavy atom. The van der Waals surface area contributed by atoms with E-state index in [1.807, 2.05) is 34.8 Å². The van der Waals surface area contributed by atoms with Crippen LogP contribution >= 0.6 is 0 Å². The van der Waals surface area contributed by atoms with Crippen molar-refractivity contribution in [3.05, 3.63) is 41.5 Å². The minimum atomic E-state index is -0.662. The van der Waals surface area contributed by atoms with Gasteiger partial charge < -0.3 is 10.5 Å². The number of para-hydroxylation sites is 1. The lowest BCUT2D eigenvalue weighted by Crippen LogP contribution is -2.15. The Hall–Kier alpha value is -3.11. The summed E-state index contributed by atoms with van der Waals surface area (Å²) in [7, 11) is 1.82. The van der Waals surface area contributed by atoms with Crippen molar-refractivity contribution < 1.29 is 9.53 Å². The van der Waals surface area contributed by atoms with Crippen LogP contribution in [-0.2, 0) is 4.74 Å². The lowest BCUT2D eigenvalue weighted by atomic mass is 9.98. The molecule has 3 rings (SSSR count). The first-order valence-electron chi connectivity index (χ1n) is 11.7. The summed E-state index contributed by atoms with van der Waals surface area (Å²) in [6.07, 6.45) is 10.5. The first kappa shape index (κ1) is 29.9. The highest BCUT2D eigenvalue weighted by Crippen LogP contribution is 2.22. The van der Waals surface area contributed by atoms with E-state index in [1.54, 1.807) is 44.5 Å². The molecule has 1 heterocycles. The molecule has 1 aromatic heterocycles. The molecule has 1 saturated carbocycles. The number of primary amides is 1. The van der Waals surface area contributed by atoms with Crippen molar-refractivity contribution in [1.29, 1.82) is 5.26 Å². The van der Waals surface area contributed by atoms with Gasteiger partial charge in [-0.05, 0) is 32.8 Å². The van der Waals surface area contributed by atoms with Crippen molar-refractivity contribution in [3.63, 3.8) is 0 Å². The summed E-state index contributed by atoms with van der Waals surface area (Å²) < 4.78 is 5.19. The Morgan fingerprint density at radius 2 is 1.82 bits per heavy atom. The molecular formula is C26H39N5O2. The van der Waals surface area contributed by atoms with Gasteiger partial charge in [0.05, 0.1) is 17.2 Å². The fraction of sp³-hybridized carbons (Fsp3) is 0.500. The van der Waals surface area contributed by atoms with Gasteiger partial charge in [0, 0.05) is 30.5 Å². The molecule has 0 radical (unpaired) electrons. The molecule has 0 atom stereocenters. The van der Waals surface area contributed by atoms with Crippen LogP contribution in [0.25, 0.3) is 16.5 Å². The molecule has 7 heteroatoms. The van der Waals surface area contributed by atoms with Crippen LogP contribution in [0.15, 0.2) is 29.4 Å². The maximum absolute atomic E-state index is 11.6. The monoisotopic (exact) mass is 453 g/mol. The van der Waals surface area contributed by atoms with Gasteiger partial charge >= 0.3 is 0 Å². The van der Waals surface area contributed by atoms with Crippen molar-refractivity contribution >= 4 is 28.6 Å². The molecule has 1 amide bonds. The molecule has 1 aliphatic rings. The predicted molar refractivity (Wildman–Crippen MR) is 137 cm³/mol. The number of nitriles is 1. The summed E-state index contributed by atoms with van der Waals surface area (Å²) in [4.78, 5) is 24.2. The molecule has 180 valence electrons. The van der Waals surface area contributed by atoms with Crippen LogP contribution in [0.3, 0.4) is 0 Å². The fourth-order valence-corrected chi connectivity index (χ4v) is 3.15. The standard InChI is InChI=1S/C15H13N5O.C7H14O.2C2H6/c1-3-18-8-9(2)15-19-12-10(7-16)5-4-6-11(12)13(20-15)14(17)21;1-8-7-5-3-2-4-6-7;2*1-2/h3-6,8H,1-2H3,(H2,17,21);7H,2-6H2,1H3;2*1-2H3/b9-8+,18-3?;;;. The number of benzene rings is 1. The van der Waals surface area contributed by atoms with E-state index in [-0.39, 0.29) is 5.69 Å². The number of aliphatic imine (C=N–C) groups is 1. The van der Waals surface area contributed by atoms with Gasteiger partial charge in [0.15, 0.2) is 5.82 Å². The number of aromatic nitrogens is 2. The number of nitrogens with two attached hydrogens (primary N) is 1. The van der Waals surface area contributed by atoms with Gasteiger partial charge in [0.25, 0.3) is 5.91 Å². The number of hydrogen-bond acceptors (Lipinski definition) is 6. The summed E-state index contributed by atoms with van der Waals surface area (Å²) in [6, 6.07) is 7.02. The first-order valence-corrected chi connectivity index (χ1v) is 11.7.